The molecule has 1 aromatic rings. The standard InChI is InChI=1S/C13H20N4O/c1-17(2)13-11(4-3-7-15-13)16-12(18)9-14-8-10-5-6-10/h3-4,7,10,14H,5-6,8-9H2,1-2H3,(H,16,18). The Morgan fingerprint density at radius 3 is 2.94 bits per heavy atom. The molecule has 18 heavy (non-hydrogen) atoms. The highest BCUT2D eigenvalue weighted by atomic mass is 16.1. The number of aromatic nitrogens is 1. The molecule has 1 heterocycles. The van der Waals surface area contributed by atoms with Gasteiger partial charge in [-0.05, 0) is 37.4 Å². The topological polar surface area (TPSA) is 57.3 Å². The van der Waals surface area contributed by atoms with E-state index in [9.17, 15) is 4.79 Å². The summed E-state index contributed by atoms with van der Waals surface area (Å²) in [6.45, 7) is 1.30. The number of amides is 1. The molecule has 1 saturated carbocycles. The van der Waals surface area contributed by atoms with E-state index in [0.717, 1.165) is 24.0 Å². The minimum atomic E-state index is -0.0215. The summed E-state index contributed by atoms with van der Waals surface area (Å²) in [6, 6.07) is 3.68. The number of nitrogens with one attached hydrogen (secondary N) is 2. The summed E-state index contributed by atoms with van der Waals surface area (Å²) < 4.78 is 0. The SMILES string of the molecule is CN(C)c1ncccc1NC(=O)CNCC1CC1. The highest BCUT2D eigenvalue weighted by Gasteiger charge is 2.20. The number of pyridine rings is 1. The van der Waals surface area contributed by atoms with E-state index in [4.69, 9.17) is 0 Å². The molecule has 0 radical (unpaired) electrons. The molecule has 1 aromatic heterocycles. The largest absolute Gasteiger partial charge is 0.361 e. The second-order valence-corrected chi connectivity index (χ2v) is 4.89. The third-order valence-corrected chi connectivity index (χ3v) is 2.90. The molecule has 1 fully saturated rings. The van der Waals surface area contributed by atoms with Crippen molar-refractivity contribution in [2.24, 2.45) is 5.92 Å². The van der Waals surface area contributed by atoms with Crippen LogP contribution < -0.4 is 15.5 Å². The van der Waals surface area contributed by atoms with E-state index in [1.54, 1.807) is 6.20 Å². The molecule has 1 amide bonds. The molecule has 0 bridgehead atoms. The van der Waals surface area contributed by atoms with E-state index >= 15 is 0 Å². The average Bonchev–Trinajstić information content (AvgIpc) is 3.13. The van der Waals surface area contributed by atoms with Crippen molar-refractivity contribution in [2.75, 3.05) is 37.4 Å². The summed E-state index contributed by atoms with van der Waals surface area (Å²) in [7, 11) is 3.81. The van der Waals surface area contributed by atoms with Gasteiger partial charge in [0.2, 0.25) is 5.91 Å². The molecular weight excluding hydrogens is 228 g/mol. The Morgan fingerprint density at radius 1 is 1.50 bits per heavy atom. The molecule has 0 unspecified atom stereocenters. The second kappa shape index (κ2) is 5.82. The summed E-state index contributed by atoms with van der Waals surface area (Å²) >= 11 is 0. The van der Waals surface area contributed by atoms with Gasteiger partial charge in [0, 0.05) is 20.3 Å². The maximum Gasteiger partial charge on any atom is 0.238 e. The Morgan fingerprint density at radius 2 is 2.28 bits per heavy atom. The van der Waals surface area contributed by atoms with Crippen molar-refractivity contribution in [1.29, 1.82) is 0 Å². The van der Waals surface area contributed by atoms with Crippen molar-refractivity contribution in [2.45, 2.75) is 12.8 Å². The fraction of sp³-hybridized carbons (Fsp3) is 0.538. The first-order chi connectivity index (χ1) is 8.66. The minimum Gasteiger partial charge on any atom is -0.361 e. The van der Waals surface area contributed by atoms with Gasteiger partial charge in [-0.1, -0.05) is 0 Å². The maximum absolute atomic E-state index is 11.8. The molecule has 2 rings (SSSR count). The summed E-state index contributed by atoms with van der Waals surface area (Å²) in [6.07, 6.45) is 4.31. The van der Waals surface area contributed by atoms with Crippen LogP contribution in [0.3, 0.4) is 0 Å². The molecule has 0 aliphatic heterocycles. The second-order valence-electron chi connectivity index (χ2n) is 4.89. The van der Waals surface area contributed by atoms with Crippen LogP contribution in [0.2, 0.25) is 0 Å². The van der Waals surface area contributed by atoms with Gasteiger partial charge >= 0.3 is 0 Å². The molecule has 98 valence electrons. The lowest BCUT2D eigenvalue weighted by atomic mass is 10.3. The minimum absolute atomic E-state index is 0.0215. The van der Waals surface area contributed by atoms with Crippen molar-refractivity contribution in [3.63, 3.8) is 0 Å². The van der Waals surface area contributed by atoms with Crippen LogP contribution in [0.4, 0.5) is 11.5 Å². The Labute approximate surface area is 108 Å². The summed E-state index contributed by atoms with van der Waals surface area (Å²) in [5.74, 6) is 1.54. The molecule has 0 saturated heterocycles. The van der Waals surface area contributed by atoms with Crippen molar-refractivity contribution >= 4 is 17.4 Å². The van der Waals surface area contributed by atoms with Crippen LogP contribution in [0.5, 0.6) is 0 Å². The molecule has 1 aliphatic rings. The molecule has 2 N–H and O–H groups in total. The molecule has 0 aromatic carbocycles. The zero-order valence-electron chi connectivity index (χ0n) is 10.9. The Hall–Kier alpha value is -1.62. The molecular formula is C13H20N4O. The predicted octanol–water partition coefficient (Wildman–Crippen LogP) is 1.09. The van der Waals surface area contributed by atoms with Crippen LogP contribution in [0.15, 0.2) is 18.3 Å². The molecule has 5 nitrogen and oxygen atoms in total. The first-order valence-electron chi connectivity index (χ1n) is 6.29. The number of nitrogens with zero attached hydrogens (tertiary/aromatic N) is 2. The van der Waals surface area contributed by atoms with Gasteiger partial charge in [0.25, 0.3) is 0 Å². The lowest BCUT2D eigenvalue weighted by Gasteiger charge is -2.16. The highest BCUT2D eigenvalue weighted by molar-refractivity contribution is 5.94. The number of hydrogen-bond donors (Lipinski definition) is 2. The number of rotatable bonds is 6. The highest BCUT2D eigenvalue weighted by Crippen LogP contribution is 2.27. The lowest BCUT2D eigenvalue weighted by molar-refractivity contribution is -0.115. The van der Waals surface area contributed by atoms with Gasteiger partial charge in [-0.3, -0.25) is 4.79 Å². The summed E-state index contributed by atoms with van der Waals surface area (Å²) in [5, 5.41) is 6.05. The quantitative estimate of drug-likeness (QED) is 0.791. The first kappa shape index (κ1) is 12.8. The number of anilines is 2. The predicted molar refractivity (Wildman–Crippen MR) is 72.8 cm³/mol. The van der Waals surface area contributed by atoms with Crippen LogP contribution in [-0.4, -0.2) is 38.1 Å². The van der Waals surface area contributed by atoms with E-state index in [1.807, 2.05) is 31.1 Å². The van der Waals surface area contributed by atoms with Crippen molar-refractivity contribution in [3.05, 3.63) is 18.3 Å². The molecule has 0 spiro atoms. The number of carbonyl (C=O) groups is 1. The average molecular weight is 248 g/mol. The Bertz CT molecular complexity index is 415. The van der Waals surface area contributed by atoms with Gasteiger partial charge in [-0.25, -0.2) is 4.98 Å². The summed E-state index contributed by atoms with van der Waals surface area (Å²) in [4.78, 5) is 17.9. The van der Waals surface area contributed by atoms with Crippen LogP contribution in [0.1, 0.15) is 12.8 Å². The monoisotopic (exact) mass is 248 g/mol. The fourth-order valence-corrected chi connectivity index (χ4v) is 1.76. The van der Waals surface area contributed by atoms with Crippen LogP contribution in [-0.2, 0) is 4.79 Å². The van der Waals surface area contributed by atoms with Crippen molar-refractivity contribution in [1.82, 2.24) is 10.3 Å². The van der Waals surface area contributed by atoms with Gasteiger partial charge in [-0.2, -0.15) is 0 Å². The van der Waals surface area contributed by atoms with Crippen molar-refractivity contribution in [3.8, 4) is 0 Å². The number of carbonyl (C=O) groups excluding carboxylic acids is 1. The van der Waals surface area contributed by atoms with E-state index in [0.29, 0.717) is 6.54 Å². The van der Waals surface area contributed by atoms with E-state index in [1.165, 1.54) is 12.8 Å². The smallest absolute Gasteiger partial charge is 0.238 e. The molecule has 1 aliphatic carbocycles. The van der Waals surface area contributed by atoms with Crippen LogP contribution in [0, 0.1) is 5.92 Å². The van der Waals surface area contributed by atoms with E-state index in [-0.39, 0.29) is 5.91 Å². The first-order valence-corrected chi connectivity index (χ1v) is 6.29. The zero-order valence-corrected chi connectivity index (χ0v) is 10.9. The molecule has 0 atom stereocenters. The van der Waals surface area contributed by atoms with E-state index < -0.39 is 0 Å². The number of hydrogen-bond acceptors (Lipinski definition) is 4. The lowest BCUT2D eigenvalue weighted by Crippen LogP contribution is -2.30. The normalized spacial score (nSPS) is 14.3. The Kier molecular flexibility index (Phi) is 4.15. The van der Waals surface area contributed by atoms with Crippen LogP contribution in [0.25, 0.3) is 0 Å². The third kappa shape index (κ3) is 3.70. The van der Waals surface area contributed by atoms with Gasteiger partial charge in [0.15, 0.2) is 5.82 Å². The zero-order chi connectivity index (χ0) is 13.0. The van der Waals surface area contributed by atoms with Gasteiger partial charge < -0.3 is 15.5 Å². The third-order valence-electron chi connectivity index (χ3n) is 2.90. The Balaban J connectivity index is 1.85. The molecule has 5 heteroatoms. The maximum atomic E-state index is 11.8. The van der Waals surface area contributed by atoms with Crippen molar-refractivity contribution < 1.29 is 4.79 Å². The van der Waals surface area contributed by atoms with Crippen LogP contribution >= 0.6 is 0 Å². The van der Waals surface area contributed by atoms with Gasteiger partial charge in [0.05, 0.1) is 12.2 Å². The van der Waals surface area contributed by atoms with Gasteiger partial charge in [0.1, 0.15) is 0 Å². The van der Waals surface area contributed by atoms with Gasteiger partial charge in [-0.15, -0.1) is 0 Å². The van der Waals surface area contributed by atoms with E-state index in [2.05, 4.69) is 15.6 Å². The summed E-state index contributed by atoms with van der Waals surface area (Å²) in [5.41, 5.74) is 0.751. The fourth-order valence-electron chi connectivity index (χ4n) is 1.76.